The molecule has 5 aromatic rings. The van der Waals surface area contributed by atoms with Gasteiger partial charge in [-0.3, -0.25) is 19.8 Å². The van der Waals surface area contributed by atoms with E-state index >= 15 is 0 Å². The number of hydrazone groups is 1. The number of hydrogen-bond donors (Lipinski definition) is 4. The minimum absolute atomic E-state index is 0.0946. The number of ketones is 2. The molecule has 0 saturated carbocycles. The van der Waals surface area contributed by atoms with Gasteiger partial charge in [0, 0.05) is 23.7 Å². The number of carbonyl (C=O) groups excluding carboxylic acids is 3. The van der Waals surface area contributed by atoms with Crippen molar-refractivity contribution in [2.75, 3.05) is 10.7 Å². The molecule has 1 heterocycles. The van der Waals surface area contributed by atoms with E-state index in [1.807, 2.05) is 0 Å². The molecule has 5 N–H and O–H groups in total. The van der Waals surface area contributed by atoms with Crippen molar-refractivity contribution in [2.24, 2.45) is 10.2 Å². The van der Waals surface area contributed by atoms with Crippen molar-refractivity contribution in [2.45, 2.75) is 11.8 Å². The molecule has 0 radical (unpaired) electrons. The van der Waals surface area contributed by atoms with Crippen molar-refractivity contribution in [1.29, 1.82) is 0 Å². The third-order valence-electron chi connectivity index (χ3n) is 6.77. The molecule has 236 valence electrons. The number of nitrogens with zero attached hydrogens (tertiary/aromatic N) is 3. The number of rotatable bonds is 11. The number of hydrogen-bond acceptors (Lipinski definition) is 9. The molecule has 0 saturated heterocycles. The number of aromatic carboxylic acids is 1. The van der Waals surface area contributed by atoms with E-state index in [0.29, 0.717) is 16.9 Å². The first-order chi connectivity index (χ1) is 22.4. The molecule has 14 heteroatoms. The largest absolute Gasteiger partial charge is 0.478 e. The van der Waals surface area contributed by atoms with Crippen molar-refractivity contribution < 1.29 is 32.7 Å². The van der Waals surface area contributed by atoms with Crippen LogP contribution in [0.4, 0.5) is 11.4 Å². The van der Waals surface area contributed by atoms with Gasteiger partial charge in [-0.1, -0.05) is 66.7 Å². The Balaban J connectivity index is 1.55. The number of carboxylic acids is 1. The van der Waals surface area contributed by atoms with Crippen LogP contribution in [-0.2, 0) is 14.8 Å². The number of carboxylic acid groups (broad SMARTS) is 1. The first-order valence-corrected chi connectivity index (χ1v) is 15.4. The van der Waals surface area contributed by atoms with Crippen LogP contribution >= 0.6 is 0 Å². The van der Waals surface area contributed by atoms with E-state index in [2.05, 4.69) is 20.9 Å². The summed E-state index contributed by atoms with van der Waals surface area (Å²) in [7, 11) is -3.97. The van der Waals surface area contributed by atoms with Crippen LogP contribution in [0.25, 0.3) is 16.9 Å². The molecule has 5 rings (SSSR count). The highest BCUT2D eigenvalue weighted by molar-refractivity contribution is 7.89. The lowest BCUT2D eigenvalue weighted by Gasteiger charge is -2.11. The third kappa shape index (κ3) is 7.19. The average molecular weight is 651 g/mol. The lowest BCUT2D eigenvalue weighted by atomic mass is 10.0. The maximum Gasteiger partial charge on any atom is 0.340 e. The standard InChI is InChI=1S/C33H26N6O7S/c1-20(40)28(31(41)22-11-6-3-7-12-22)37-36-24-13-8-14-25(19-24)39-30(21-9-4-2-5-10-21)27(33(43)44)29(38-39)32(42)35-23-15-17-26(18-16-23)47(34,45)46/h2-19,36H,1H3,(H,35,42)(H,43,44)(H2,34,45,46)/b37-28-. The van der Waals surface area contributed by atoms with E-state index < -0.39 is 44.7 Å². The molecule has 13 nitrogen and oxygen atoms in total. The number of sulfonamides is 1. The van der Waals surface area contributed by atoms with Gasteiger partial charge in [0.15, 0.2) is 17.2 Å². The number of Topliss-reactive ketones (excluding diaryl/α,β-unsaturated/α-hetero) is 2. The third-order valence-corrected chi connectivity index (χ3v) is 7.70. The summed E-state index contributed by atoms with van der Waals surface area (Å²) in [4.78, 5) is 51.2. The molecule has 0 aliphatic heterocycles. The van der Waals surface area contributed by atoms with Crippen LogP contribution in [0.3, 0.4) is 0 Å². The van der Waals surface area contributed by atoms with Crippen molar-refractivity contribution in [3.05, 3.63) is 126 Å². The molecule has 47 heavy (non-hydrogen) atoms. The zero-order valence-corrected chi connectivity index (χ0v) is 25.4. The van der Waals surface area contributed by atoms with Crippen molar-refractivity contribution in [1.82, 2.24) is 9.78 Å². The molecule has 1 amide bonds. The number of benzene rings is 4. The molecule has 1 aromatic heterocycles. The summed E-state index contributed by atoms with van der Waals surface area (Å²) in [5.41, 5.74) is 3.23. The van der Waals surface area contributed by atoms with Crippen LogP contribution in [0.5, 0.6) is 0 Å². The first-order valence-electron chi connectivity index (χ1n) is 13.8. The Morgan fingerprint density at radius 3 is 2.06 bits per heavy atom. The van der Waals surface area contributed by atoms with Gasteiger partial charge >= 0.3 is 5.97 Å². The van der Waals surface area contributed by atoms with Crippen LogP contribution in [-0.4, -0.2) is 52.5 Å². The second-order valence-electron chi connectivity index (χ2n) is 10.1. The zero-order valence-electron chi connectivity index (χ0n) is 24.6. The maximum absolute atomic E-state index is 13.5. The summed E-state index contributed by atoms with van der Waals surface area (Å²) in [6.07, 6.45) is 0. The fraction of sp³-hybridized carbons (Fsp3) is 0.0303. The van der Waals surface area contributed by atoms with E-state index in [1.54, 1.807) is 84.9 Å². The molecule has 0 bridgehead atoms. The maximum atomic E-state index is 13.5. The minimum atomic E-state index is -3.97. The second-order valence-corrected chi connectivity index (χ2v) is 11.6. The number of amides is 1. The number of nitrogens with two attached hydrogens (primary N) is 1. The van der Waals surface area contributed by atoms with Gasteiger partial charge < -0.3 is 10.4 Å². The smallest absolute Gasteiger partial charge is 0.340 e. The minimum Gasteiger partial charge on any atom is -0.478 e. The molecular formula is C33H26N6O7S. The highest BCUT2D eigenvalue weighted by Gasteiger charge is 2.30. The first kappa shape index (κ1) is 32.2. The summed E-state index contributed by atoms with van der Waals surface area (Å²) in [6, 6.07) is 28.1. The lowest BCUT2D eigenvalue weighted by molar-refractivity contribution is -0.111. The number of nitrogens with one attached hydrogen (secondary N) is 2. The SMILES string of the molecule is CC(=O)/C(=N/Nc1cccc(-n2nc(C(=O)Nc3ccc(S(N)(=O)=O)cc3)c(C(=O)O)c2-c2ccccc2)c1)C(=O)c1ccccc1. The molecule has 0 fully saturated rings. The molecule has 0 spiro atoms. The molecule has 0 atom stereocenters. The summed E-state index contributed by atoms with van der Waals surface area (Å²) < 4.78 is 24.5. The Bertz CT molecular complexity index is 2140. The predicted octanol–water partition coefficient (Wildman–Crippen LogP) is 4.38. The molecule has 0 aliphatic rings. The molecule has 0 unspecified atom stereocenters. The Labute approximate surface area is 268 Å². The van der Waals surface area contributed by atoms with Crippen LogP contribution in [0.2, 0.25) is 0 Å². The van der Waals surface area contributed by atoms with Gasteiger partial charge in [-0.25, -0.2) is 23.0 Å². The van der Waals surface area contributed by atoms with E-state index in [-0.39, 0.29) is 27.6 Å². The molecular weight excluding hydrogens is 624 g/mol. The Hall–Kier alpha value is -6.25. The zero-order chi connectivity index (χ0) is 33.7. The van der Waals surface area contributed by atoms with E-state index in [9.17, 15) is 32.7 Å². The quantitative estimate of drug-likeness (QED) is 0.0692. The van der Waals surface area contributed by atoms with Gasteiger partial charge in [-0.15, -0.1) is 0 Å². The van der Waals surface area contributed by atoms with Gasteiger partial charge in [-0.2, -0.15) is 10.2 Å². The summed E-state index contributed by atoms with van der Waals surface area (Å²) in [5.74, 6) is -3.41. The summed E-state index contributed by atoms with van der Waals surface area (Å²) in [6.45, 7) is 1.22. The van der Waals surface area contributed by atoms with Gasteiger partial charge in [-0.05, 0) is 42.5 Å². The highest BCUT2D eigenvalue weighted by atomic mass is 32.2. The Morgan fingerprint density at radius 2 is 1.47 bits per heavy atom. The number of aromatic nitrogens is 2. The van der Waals surface area contributed by atoms with Crippen LogP contribution in [0.1, 0.15) is 38.1 Å². The van der Waals surface area contributed by atoms with Crippen molar-refractivity contribution in [3.63, 3.8) is 0 Å². The Morgan fingerprint density at radius 1 is 0.830 bits per heavy atom. The van der Waals surface area contributed by atoms with Gasteiger partial charge in [0.25, 0.3) is 5.91 Å². The molecule has 4 aromatic carbocycles. The van der Waals surface area contributed by atoms with Crippen molar-refractivity contribution >= 4 is 50.6 Å². The number of carbonyl (C=O) groups is 4. The fourth-order valence-electron chi connectivity index (χ4n) is 4.59. The summed E-state index contributed by atoms with van der Waals surface area (Å²) >= 11 is 0. The lowest BCUT2D eigenvalue weighted by Crippen LogP contribution is -2.23. The topological polar surface area (TPSA) is 203 Å². The van der Waals surface area contributed by atoms with Gasteiger partial charge in [0.2, 0.25) is 15.8 Å². The fourth-order valence-corrected chi connectivity index (χ4v) is 5.11. The van der Waals surface area contributed by atoms with E-state index in [0.717, 1.165) is 0 Å². The number of primary sulfonamides is 1. The van der Waals surface area contributed by atoms with Gasteiger partial charge in [0.1, 0.15) is 5.56 Å². The predicted molar refractivity (Wildman–Crippen MR) is 174 cm³/mol. The van der Waals surface area contributed by atoms with Gasteiger partial charge in [0.05, 0.1) is 22.0 Å². The van der Waals surface area contributed by atoms with Crippen molar-refractivity contribution in [3.8, 4) is 16.9 Å². The average Bonchev–Trinajstić information content (AvgIpc) is 3.47. The Kier molecular flexibility index (Phi) is 9.16. The van der Waals surface area contributed by atoms with Crippen LogP contribution in [0, 0.1) is 0 Å². The monoisotopic (exact) mass is 650 g/mol. The highest BCUT2D eigenvalue weighted by Crippen LogP contribution is 2.31. The van der Waals surface area contributed by atoms with E-state index in [4.69, 9.17) is 5.14 Å². The number of anilines is 2. The van der Waals surface area contributed by atoms with E-state index in [1.165, 1.54) is 35.9 Å². The molecule has 0 aliphatic carbocycles. The normalized spacial score (nSPS) is 11.5. The van der Waals surface area contributed by atoms with Crippen LogP contribution < -0.4 is 15.9 Å². The van der Waals surface area contributed by atoms with Crippen LogP contribution in [0.15, 0.2) is 119 Å². The second kappa shape index (κ2) is 13.4. The summed E-state index contributed by atoms with van der Waals surface area (Å²) in [5, 5.41) is 26.5.